The number of hydrogen-bond acceptors (Lipinski definition) is 4. The largest absolute Gasteiger partial charge is 0.492 e. The van der Waals surface area contributed by atoms with Crippen molar-refractivity contribution in [2.75, 3.05) is 19.7 Å². The molecule has 1 amide bonds. The van der Waals surface area contributed by atoms with Gasteiger partial charge in [0.1, 0.15) is 22.7 Å². The van der Waals surface area contributed by atoms with Crippen molar-refractivity contribution in [3.05, 3.63) is 29.6 Å². The Bertz CT molecular complexity index is 641. The first-order valence-electron chi connectivity index (χ1n) is 8.29. The molecule has 138 valence electrons. The van der Waals surface area contributed by atoms with Gasteiger partial charge in [-0.05, 0) is 51.8 Å². The second-order valence-corrected chi connectivity index (χ2v) is 7.19. The van der Waals surface area contributed by atoms with Crippen molar-refractivity contribution in [1.29, 1.82) is 0 Å². The first kappa shape index (κ1) is 19.0. The molecule has 0 bridgehead atoms. The topological polar surface area (TPSA) is 76.1 Å². The minimum Gasteiger partial charge on any atom is -0.492 e. The number of likely N-dealkylation sites (tertiary alicyclic amines) is 1. The smallest absolute Gasteiger partial charge is 0.410 e. The van der Waals surface area contributed by atoms with Gasteiger partial charge in [-0.25, -0.2) is 14.0 Å². The SMILES string of the molecule is CC(C)(C)OC(=O)N1CCCC(COc2ccc(F)cc2C(=O)O)C1. The van der Waals surface area contributed by atoms with E-state index in [4.69, 9.17) is 14.6 Å². The number of rotatable bonds is 4. The molecule has 1 N–H and O–H groups in total. The van der Waals surface area contributed by atoms with Gasteiger partial charge in [-0.2, -0.15) is 0 Å². The first-order chi connectivity index (χ1) is 11.7. The fraction of sp³-hybridized carbons (Fsp3) is 0.556. The Hall–Kier alpha value is -2.31. The van der Waals surface area contributed by atoms with Crippen molar-refractivity contribution in [3.8, 4) is 5.75 Å². The van der Waals surface area contributed by atoms with E-state index in [1.165, 1.54) is 6.07 Å². The van der Waals surface area contributed by atoms with Crippen LogP contribution in [0.1, 0.15) is 44.0 Å². The molecule has 0 spiro atoms. The van der Waals surface area contributed by atoms with Crippen molar-refractivity contribution in [3.63, 3.8) is 0 Å². The fourth-order valence-corrected chi connectivity index (χ4v) is 2.70. The molecule has 2 rings (SSSR count). The lowest BCUT2D eigenvalue weighted by Gasteiger charge is -2.34. The summed E-state index contributed by atoms with van der Waals surface area (Å²) in [6.07, 6.45) is 1.33. The van der Waals surface area contributed by atoms with Crippen molar-refractivity contribution >= 4 is 12.1 Å². The van der Waals surface area contributed by atoms with Gasteiger partial charge in [0.05, 0.1) is 6.61 Å². The zero-order valence-electron chi connectivity index (χ0n) is 14.8. The molecule has 0 radical (unpaired) electrons. The monoisotopic (exact) mass is 353 g/mol. The number of hydrogen-bond donors (Lipinski definition) is 1. The molecule has 0 saturated carbocycles. The molecule has 1 heterocycles. The van der Waals surface area contributed by atoms with E-state index < -0.39 is 17.4 Å². The second kappa shape index (κ2) is 7.72. The molecule has 1 unspecified atom stereocenters. The maximum atomic E-state index is 13.2. The van der Waals surface area contributed by atoms with Crippen molar-refractivity contribution in [2.24, 2.45) is 5.92 Å². The highest BCUT2D eigenvalue weighted by atomic mass is 19.1. The average Bonchev–Trinajstić information content (AvgIpc) is 2.52. The number of ether oxygens (including phenoxy) is 2. The molecule has 0 aliphatic carbocycles. The lowest BCUT2D eigenvalue weighted by Crippen LogP contribution is -2.44. The molecule has 1 aliphatic rings. The van der Waals surface area contributed by atoms with Crippen molar-refractivity contribution in [1.82, 2.24) is 4.90 Å². The third kappa shape index (κ3) is 5.62. The van der Waals surface area contributed by atoms with E-state index >= 15 is 0 Å². The highest BCUT2D eigenvalue weighted by Crippen LogP contribution is 2.24. The van der Waals surface area contributed by atoms with E-state index in [1.807, 2.05) is 20.8 Å². The number of carboxylic acids is 1. The predicted octanol–water partition coefficient (Wildman–Crippen LogP) is 3.55. The molecule has 1 fully saturated rings. The van der Waals surface area contributed by atoms with E-state index in [0.29, 0.717) is 13.1 Å². The van der Waals surface area contributed by atoms with Crippen molar-refractivity contribution < 1.29 is 28.6 Å². The number of aromatic carboxylic acids is 1. The molecular weight excluding hydrogens is 329 g/mol. The molecule has 1 aromatic rings. The van der Waals surface area contributed by atoms with Crippen LogP contribution < -0.4 is 4.74 Å². The lowest BCUT2D eigenvalue weighted by atomic mass is 9.99. The van der Waals surface area contributed by atoms with E-state index in [1.54, 1.807) is 4.90 Å². The Kier molecular flexibility index (Phi) is 5.87. The lowest BCUT2D eigenvalue weighted by molar-refractivity contribution is 0.0139. The van der Waals surface area contributed by atoms with Crippen LogP contribution in [0.5, 0.6) is 5.75 Å². The third-order valence-electron chi connectivity index (χ3n) is 3.82. The van der Waals surface area contributed by atoms with Gasteiger partial charge < -0.3 is 19.5 Å². The number of carbonyl (C=O) groups is 2. The Morgan fingerprint density at radius 2 is 2.08 bits per heavy atom. The van der Waals surface area contributed by atoms with Gasteiger partial charge in [-0.15, -0.1) is 0 Å². The Balaban J connectivity index is 1.95. The van der Waals surface area contributed by atoms with Gasteiger partial charge in [0, 0.05) is 19.0 Å². The summed E-state index contributed by atoms with van der Waals surface area (Å²) in [7, 11) is 0. The van der Waals surface area contributed by atoms with Crippen LogP contribution in [0.15, 0.2) is 18.2 Å². The number of piperidine rings is 1. The normalized spacial score (nSPS) is 17.9. The minimum atomic E-state index is -1.24. The summed E-state index contributed by atoms with van der Waals surface area (Å²) >= 11 is 0. The summed E-state index contributed by atoms with van der Waals surface area (Å²) in [5, 5.41) is 9.13. The molecular formula is C18H24FNO5. The van der Waals surface area contributed by atoms with Crippen LogP contribution in [0.3, 0.4) is 0 Å². The van der Waals surface area contributed by atoms with E-state index in [9.17, 15) is 14.0 Å². The highest BCUT2D eigenvalue weighted by Gasteiger charge is 2.28. The fourth-order valence-electron chi connectivity index (χ4n) is 2.70. The van der Waals surface area contributed by atoms with Gasteiger partial charge in [-0.3, -0.25) is 0 Å². The Labute approximate surface area is 146 Å². The third-order valence-corrected chi connectivity index (χ3v) is 3.82. The highest BCUT2D eigenvalue weighted by molar-refractivity contribution is 5.90. The molecule has 1 aliphatic heterocycles. The second-order valence-electron chi connectivity index (χ2n) is 7.19. The summed E-state index contributed by atoms with van der Waals surface area (Å²) < 4.78 is 24.2. The van der Waals surface area contributed by atoms with Gasteiger partial charge in [0.25, 0.3) is 0 Å². The zero-order chi connectivity index (χ0) is 18.6. The van der Waals surface area contributed by atoms with Gasteiger partial charge in [0.2, 0.25) is 0 Å². The number of carbonyl (C=O) groups excluding carboxylic acids is 1. The summed E-state index contributed by atoms with van der Waals surface area (Å²) in [6, 6.07) is 3.41. The maximum absolute atomic E-state index is 13.2. The van der Waals surface area contributed by atoms with Gasteiger partial charge in [-0.1, -0.05) is 0 Å². The minimum absolute atomic E-state index is 0.0629. The van der Waals surface area contributed by atoms with E-state index in [2.05, 4.69) is 0 Å². The standard InChI is InChI=1S/C18H24FNO5/c1-18(2,3)25-17(23)20-8-4-5-12(10-20)11-24-15-7-6-13(19)9-14(15)16(21)22/h6-7,9,12H,4-5,8,10-11H2,1-3H3,(H,21,22). The molecule has 1 saturated heterocycles. The number of halogens is 1. The Morgan fingerprint density at radius 3 is 2.72 bits per heavy atom. The summed E-state index contributed by atoms with van der Waals surface area (Å²) in [4.78, 5) is 25.0. The van der Waals surface area contributed by atoms with Crippen LogP contribution in [-0.2, 0) is 4.74 Å². The number of nitrogens with zero attached hydrogens (tertiary/aromatic N) is 1. The van der Waals surface area contributed by atoms with E-state index in [0.717, 1.165) is 25.0 Å². The quantitative estimate of drug-likeness (QED) is 0.896. The Morgan fingerprint density at radius 1 is 1.36 bits per heavy atom. The predicted molar refractivity (Wildman–Crippen MR) is 89.4 cm³/mol. The number of carboxylic acid groups (broad SMARTS) is 1. The molecule has 25 heavy (non-hydrogen) atoms. The molecule has 1 aromatic carbocycles. The number of benzene rings is 1. The van der Waals surface area contributed by atoms with Crippen LogP contribution in [0.4, 0.5) is 9.18 Å². The molecule has 6 nitrogen and oxygen atoms in total. The number of amides is 1. The van der Waals surface area contributed by atoms with Crippen LogP contribution in [0.25, 0.3) is 0 Å². The summed E-state index contributed by atoms with van der Waals surface area (Å²) in [5.41, 5.74) is -0.759. The summed E-state index contributed by atoms with van der Waals surface area (Å²) in [6.45, 7) is 6.82. The maximum Gasteiger partial charge on any atom is 0.410 e. The van der Waals surface area contributed by atoms with Crippen LogP contribution >= 0.6 is 0 Å². The molecule has 7 heteroatoms. The molecule has 0 aromatic heterocycles. The zero-order valence-corrected chi connectivity index (χ0v) is 14.8. The van der Waals surface area contributed by atoms with Crippen LogP contribution in [0, 0.1) is 11.7 Å². The van der Waals surface area contributed by atoms with Crippen molar-refractivity contribution in [2.45, 2.75) is 39.2 Å². The van der Waals surface area contributed by atoms with Gasteiger partial charge >= 0.3 is 12.1 Å². The van der Waals surface area contributed by atoms with E-state index in [-0.39, 0.29) is 29.9 Å². The summed E-state index contributed by atoms with van der Waals surface area (Å²) in [5.74, 6) is -1.68. The average molecular weight is 353 g/mol. The molecule has 1 atom stereocenters. The van der Waals surface area contributed by atoms with Crippen LogP contribution in [-0.4, -0.2) is 47.4 Å². The first-order valence-corrected chi connectivity index (χ1v) is 8.29. The van der Waals surface area contributed by atoms with Crippen LogP contribution in [0.2, 0.25) is 0 Å². The van der Waals surface area contributed by atoms with Gasteiger partial charge in [0.15, 0.2) is 0 Å².